The quantitative estimate of drug-likeness (QED) is 0.865. The fraction of sp³-hybridized carbons (Fsp3) is 0.200. The van der Waals surface area contributed by atoms with Gasteiger partial charge in [-0.2, -0.15) is 0 Å². The van der Waals surface area contributed by atoms with E-state index in [1.165, 1.54) is 19.2 Å². The third kappa shape index (κ3) is 3.14. The Morgan fingerprint density at radius 1 is 1.25 bits per heavy atom. The van der Waals surface area contributed by atoms with E-state index >= 15 is 0 Å². The molecule has 0 bridgehead atoms. The van der Waals surface area contributed by atoms with Gasteiger partial charge in [0.25, 0.3) is 0 Å². The molecule has 0 radical (unpaired) electrons. The highest BCUT2D eigenvalue weighted by Gasteiger charge is 2.19. The molecule has 2 aromatic carbocycles. The highest BCUT2D eigenvalue weighted by Crippen LogP contribution is 2.38. The van der Waals surface area contributed by atoms with Gasteiger partial charge in [-0.1, -0.05) is 17.7 Å². The Bertz CT molecular complexity index is 626. The van der Waals surface area contributed by atoms with Gasteiger partial charge in [-0.15, -0.1) is 0 Å². The van der Waals surface area contributed by atoms with Crippen LogP contribution in [0.25, 0.3) is 0 Å². The predicted octanol–water partition coefficient (Wildman–Crippen LogP) is 4.64. The number of aliphatic hydroxyl groups is 1. The van der Waals surface area contributed by atoms with Crippen molar-refractivity contribution in [2.24, 2.45) is 0 Å². The van der Waals surface area contributed by atoms with E-state index in [-0.39, 0.29) is 5.82 Å². The van der Waals surface area contributed by atoms with Crippen molar-refractivity contribution in [1.29, 1.82) is 0 Å². The second-order valence-electron chi connectivity index (χ2n) is 4.47. The van der Waals surface area contributed by atoms with E-state index in [1.807, 2.05) is 0 Å². The molecule has 1 unspecified atom stereocenters. The number of methoxy groups -OCH3 is 1. The standard InChI is InChI=1S/C15H13BrClFO2/c1-8-3-9(5-11(18)4-8)14(19)12-6-10(17)7-13(16)15(12)20-2/h3-7,14,19H,1-2H3. The molecule has 0 aliphatic heterocycles. The number of halogens is 3. The Balaban J connectivity index is 2.55. The van der Waals surface area contributed by atoms with Gasteiger partial charge in [0.15, 0.2) is 0 Å². The van der Waals surface area contributed by atoms with Gasteiger partial charge in [-0.3, -0.25) is 0 Å². The number of ether oxygens (including phenoxy) is 1. The van der Waals surface area contributed by atoms with Crippen molar-refractivity contribution in [3.05, 3.63) is 62.3 Å². The van der Waals surface area contributed by atoms with Crippen LogP contribution in [0, 0.1) is 12.7 Å². The number of benzene rings is 2. The summed E-state index contributed by atoms with van der Waals surface area (Å²) in [6.45, 7) is 1.77. The van der Waals surface area contributed by atoms with Gasteiger partial charge in [0.1, 0.15) is 17.7 Å². The van der Waals surface area contributed by atoms with Gasteiger partial charge in [0.2, 0.25) is 0 Å². The molecule has 0 saturated heterocycles. The summed E-state index contributed by atoms with van der Waals surface area (Å²) in [4.78, 5) is 0. The molecule has 0 heterocycles. The van der Waals surface area contributed by atoms with Crippen LogP contribution >= 0.6 is 27.5 Å². The summed E-state index contributed by atoms with van der Waals surface area (Å²) < 4.78 is 19.4. The van der Waals surface area contributed by atoms with Gasteiger partial charge < -0.3 is 9.84 Å². The zero-order chi connectivity index (χ0) is 14.9. The molecule has 0 aromatic heterocycles. The first kappa shape index (κ1) is 15.3. The molecule has 106 valence electrons. The number of aliphatic hydroxyl groups excluding tert-OH is 1. The fourth-order valence-corrected chi connectivity index (χ4v) is 3.10. The smallest absolute Gasteiger partial charge is 0.139 e. The monoisotopic (exact) mass is 358 g/mol. The molecule has 0 saturated carbocycles. The van der Waals surface area contributed by atoms with Crippen molar-refractivity contribution in [3.63, 3.8) is 0 Å². The highest BCUT2D eigenvalue weighted by molar-refractivity contribution is 9.10. The second-order valence-corrected chi connectivity index (χ2v) is 5.77. The number of aryl methyl sites for hydroxylation is 1. The topological polar surface area (TPSA) is 29.5 Å². The van der Waals surface area contributed by atoms with Crippen LogP contribution in [0.15, 0.2) is 34.8 Å². The van der Waals surface area contributed by atoms with Gasteiger partial charge in [-0.25, -0.2) is 4.39 Å². The largest absolute Gasteiger partial charge is 0.495 e. The molecule has 20 heavy (non-hydrogen) atoms. The summed E-state index contributed by atoms with van der Waals surface area (Å²) >= 11 is 9.34. The van der Waals surface area contributed by atoms with E-state index in [4.69, 9.17) is 16.3 Å². The number of hydrogen-bond acceptors (Lipinski definition) is 2. The van der Waals surface area contributed by atoms with Crippen LogP contribution in [0.1, 0.15) is 22.8 Å². The van der Waals surface area contributed by atoms with E-state index in [9.17, 15) is 9.50 Å². The minimum absolute atomic E-state index is 0.390. The lowest BCUT2D eigenvalue weighted by Gasteiger charge is -2.17. The van der Waals surface area contributed by atoms with Gasteiger partial charge in [0.05, 0.1) is 11.6 Å². The minimum Gasteiger partial charge on any atom is -0.495 e. The van der Waals surface area contributed by atoms with Crippen molar-refractivity contribution in [2.45, 2.75) is 13.0 Å². The first-order valence-corrected chi connectivity index (χ1v) is 7.07. The fourth-order valence-electron chi connectivity index (χ4n) is 2.10. The molecule has 0 spiro atoms. The van der Waals surface area contributed by atoms with Crippen LogP contribution in [-0.4, -0.2) is 12.2 Å². The summed E-state index contributed by atoms with van der Waals surface area (Å²) in [5.74, 6) is 0.0860. The maximum atomic E-state index is 13.5. The average molecular weight is 360 g/mol. The molecule has 2 aromatic rings. The van der Waals surface area contributed by atoms with Crippen LogP contribution in [0.5, 0.6) is 5.75 Å². The lowest BCUT2D eigenvalue weighted by Crippen LogP contribution is -2.04. The maximum absolute atomic E-state index is 13.5. The maximum Gasteiger partial charge on any atom is 0.139 e. The van der Waals surface area contributed by atoms with Gasteiger partial charge in [-0.05, 0) is 58.2 Å². The van der Waals surface area contributed by atoms with Crippen molar-refractivity contribution in [1.82, 2.24) is 0 Å². The zero-order valence-corrected chi connectivity index (χ0v) is 13.3. The SMILES string of the molecule is COc1c(Br)cc(Cl)cc1C(O)c1cc(C)cc(F)c1. The Labute approximate surface area is 130 Å². The summed E-state index contributed by atoms with van der Waals surface area (Å²) in [5, 5.41) is 10.9. The number of rotatable bonds is 3. The summed E-state index contributed by atoms with van der Waals surface area (Å²) in [5.41, 5.74) is 1.67. The summed E-state index contributed by atoms with van der Waals surface area (Å²) in [7, 11) is 1.50. The Morgan fingerprint density at radius 3 is 2.55 bits per heavy atom. The van der Waals surface area contributed by atoms with Crippen molar-refractivity contribution < 1.29 is 14.2 Å². The first-order valence-electron chi connectivity index (χ1n) is 5.90. The summed E-state index contributed by atoms with van der Waals surface area (Å²) in [6.07, 6.45) is -1.02. The third-order valence-corrected chi connectivity index (χ3v) is 3.72. The minimum atomic E-state index is -1.02. The van der Waals surface area contributed by atoms with Crippen LogP contribution in [0.4, 0.5) is 4.39 Å². The van der Waals surface area contributed by atoms with Crippen LogP contribution in [-0.2, 0) is 0 Å². The average Bonchev–Trinajstić information content (AvgIpc) is 2.35. The molecule has 0 amide bonds. The molecule has 5 heteroatoms. The van der Waals surface area contributed by atoms with Crippen molar-refractivity contribution in [2.75, 3.05) is 7.11 Å². The highest BCUT2D eigenvalue weighted by atomic mass is 79.9. The number of hydrogen-bond donors (Lipinski definition) is 1. The van der Waals surface area contributed by atoms with Gasteiger partial charge >= 0.3 is 0 Å². The van der Waals surface area contributed by atoms with E-state index in [0.29, 0.717) is 26.4 Å². The zero-order valence-electron chi connectivity index (χ0n) is 11.0. The van der Waals surface area contributed by atoms with Crippen molar-refractivity contribution >= 4 is 27.5 Å². The van der Waals surface area contributed by atoms with Crippen LogP contribution in [0.2, 0.25) is 5.02 Å². The summed E-state index contributed by atoms with van der Waals surface area (Å²) in [6, 6.07) is 7.71. The molecule has 0 aliphatic rings. The Morgan fingerprint density at radius 2 is 1.95 bits per heavy atom. The van der Waals surface area contributed by atoms with E-state index in [2.05, 4.69) is 15.9 Å². The van der Waals surface area contributed by atoms with Crippen LogP contribution in [0.3, 0.4) is 0 Å². The molecule has 0 aliphatic carbocycles. The van der Waals surface area contributed by atoms with E-state index in [0.717, 1.165) is 5.56 Å². The lowest BCUT2D eigenvalue weighted by atomic mass is 9.99. The molecular weight excluding hydrogens is 347 g/mol. The molecule has 1 atom stereocenters. The Kier molecular flexibility index (Phi) is 4.68. The van der Waals surface area contributed by atoms with E-state index in [1.54, 1.807) is 25.1 Å². The van der Waals surface area contributed by atoms with Crippen LogP contribution < -0.4 is 4.74 Å². The normalized spacial score (nSPS) is 12.3. The molecule has 0 fully saturated rings. The van der Waals surface area contributed by atoms with Gasteiger partial charge in [0, 0.05) is 10.6 Å². The third-order valence-electron chi connectivity index (χ3n) is 2.92. The molecular formula is C15H13BrClFO2. The Hall–Kier alpha value is -1.10. The second kappa shape index (κ2) is 6.12. The lowest BCUT2D eigenvalue weighted by molar-refractivity contribution is 0.214. The van der Waals surface area contributed by atoms with Crippen molar-refractivity contribution in [3.8, 4) is 5.75 Å². The predicted molar refractivity (Wildman–Crippen MR) is 80.9 cm³/mol. The van der Waals surface area contributed by atoms with E-state index < -0.39 is 6.10 Å². The molecule has 1 N–H and O–H groups in total. The first-order chi connectivity index (χ1) is 9.42. The molecule has 2 nitrogen and oxygen atoms in total. The molecule has 2 rings (SSSR count).